The zero-order chi connectivity index (χ0) is 17.1. The van der Waals surface area contributed by atoms with Gasteiger partial charge in [-0.3, -0.25) is 4.90 Å². The maximum absolute atomic E-state index is 13.9. The fourth-order valence-electron chi connectivity index (χ4n) is 2.94. The Balaban J connectivity index is 1.74. The Morgan fingerprint density at radius 1 is 1.25 bits per heavy atom. The number of rotatable bonds is 4. The van der Waals surface area contributed by atoms with E-state index in [4.69, 9.17) is 0 Å². The predicted molar refractivity (Wildman–Crippen MR) is 95.0 cm³/mol. The van der Waals surface area contributed by atoms with Gasteiger partial charge in [0, 0.05) is 30.9 Å². The molecule has 1 aliphatic rings. The Morgan fingerprint density at radius 2 is 2.08 bits per heavy atom. The molecule has 5 heteroatoms. The Morgan fingerprint density at radius 3 is 2.83 bits per heavy atom. The number of aryl methyl sites for hydroxylation is 1. The van der Waals surface area contributed by atoms with E-state index in [1.807, 2.05) is 38.1 Å². The van der Waals surface area contributed by atoms with Crippen LogP contribution >= 0.6 is 0 Å². The number of benzene rings is 2. The van der Waals surface area contributed by atoms with Crippen molar-refractivity contribution in [2.75, 3.05) is 23.3 Å². The summed E-state index contributed by atoms with van der Waals surface area (Å²) >= 11 is 0. The van der Waals surface area contributed by atoms with Gasteiger partial charge >= 0.3 is 6.03 Å². The fraction of sp³-hybridized carbons (Fsp3) is 0.316. The zero-order valence-electron chi connectivity index (χ0n) is 14.0. The lowest BCUT2D eigenvalue weighted by molar-refractivity contribution is 0.247. The van der Waals surface area contributed by atoms with Crippen LogP contribution in [0.5, 0.6) is 0 Å². The highest BCUT2D eigenvalue weighted by Crippen LogP contribution is 2.31. The molecule has 0 unspecified atom stereocenters. The summed E-state index contributed by atoms with van der Waals surface area (Å²) in [6, 6.07) is 11.1. The second-order valence-electron chi connectivity index (χ2n) is 6.03. The quantitative estimate of drug-likeness (QED) is 0.896. The van der Waals surface area contributed by atoms with Crippen LogP contribution in [0.2, 0.25) is 0 Å². The Kier molecular flexibility index (Phi) is 4.69. The number of anilines is 2. The van der Waals surface area contributed by atoms with E-state index in [0.717, 1.165) is 28.9 Å². The molecule has 0 bridgehead atoms. The van der Waals surface area contributed by atoms with Crippen molar-refractivity contribution >= 4 is 17.4 Å². The molecule has 1 aliphatic heterocycles. The first-order valence-corrected chi connectivity index (χ1v) is 8.25. The third-order valence-corrected chi connectivity index (χ3v) is 4.25. The molecule has 0 saturated heterocycles. The van der Waals surface area contributed by atoms with Crippen molar-refractivity contribution in [3.05, 3.63) is 58.9 Å². The average molecular weight is 327 g/mol. The van der Waals surface area contributed by atoms with Crippen LogP contribution in [0.4, 0.5) is 20.6 Å². The summed E-state index contributed by atoms with van der Waals surface area (Å²) in [5, 5.41) is 6.08. The van der Waals surface area contributed by atoms with E-state index < -0.39 is 0 Å². The van der Waals surface area contributed by atoms with Crippen LogP contribution < -0.4 is 15.5 Å². The van der Waals surface area contributed by atoms with Gasteiger partial charge in [-0.2, -0.15) is 0 Å². The largest absolute Gasteiger partial charge is 0.381 e. The summed E-state index contributed by atoms with van der Waals surface area (Å²) in [7, 11) is 0. The number of hydrogen-bond donors (Lipinski definition) is 2. The van der Waals surface area contributed by atoms with E-state index in [9.17, 15) is 9.18 Å². The van der Waals surface area contributed by atoms with Crippen molar-refractivity contribution in [2.24, 2.45) is 0 Å². The van der Waals surface area contributed by atoms with Gasteiger partial charge in [0.1, 0.15) is 5.82 Å². The summed E-state index contributed by atoms with van der Waals surface area (Å²) < 4.78 is 13.9. The number of hydrogen-bond acceptors (Lipinski definition) is 2. The Bertz CT molecular complexity index is 760. The molecule has 126 valence electrons. The SMILES string of the molecule is CCNC(=O)N1CCc2ccc(NCc3ccc(C)cc3F)cc21. The van der Waals surface area contributed by atoms with Gasteiger partial charge in [-0.25, -0.2) is 9.18 Å². The minimum atomic E-state index is -0.201. The van der Waals surface area contributed by atoms with Gasteiger partial charge in [0.05, 0.1) is 5.69 Å². The van der Waals surface area contributed by atoms with Gasteiger partial charge in [0.15, 0.2) is 0 Å². The number of carbonyl (C=O) groups is 1. The molecule has 0 saturated carbocycles. The van der Waals surface area contributed by atoms with Gasteiger partial charge in [-0.15, -0.1) is 0 Å². The lowest BCUT2D eigenvalue weighted by Gasteiger charge is -2.18. The summed E-state index contributed by atoms with van der Waals surface area (Å²) in [5.74, 6) is -0.201. The van der Waals surface area contributed by atoms with Crippen LogP contribution in [0.1, 0.15) is 23.6 Å². The highest BCUT2D eigenvalue weighted by atomic mass is 19.1. The van der Waals surface area contributed by atoms with E-state index in [2.05, 4.69) is 10.6 Å². The van der Waals surface area contributed by atoms with E-state index in [1.165, 1.54) is 6.07 Å². The molecule has 2 aromatic carbocycles. The summed E-state index contributed by atoms with van der Waals surface area (Å²) in [4.78, 5) is 13.9. The van der Waals surface area contributed by atoms with Crippen LogP contribution in [-0.4, -0.2) is 19.1 Å². The molecule has 0 aromatic heterocycles. The van der Waals surface area contributed by atoms with E-state index >= 15 is 0 Å². The normalized spacial score (nSPS) is 12.9. The first-order chi connectivity index (χ1) is 11.6. The molecular weight excluding hydrogens is 305 g/mol. The second kappa shape index (κ2) is 6.91. The number of urea groups is 1. The molecule has 3 rings (SSSR count). The van der Waals surface area contributed by atoms with Crippen LogP contribution in [0.25, 0.3) is 0 Å². The first-order valence-electron chi connectivity index (χ1n) is 8.25. The molecule has 2 aromatic rings. The van der Waals surface area contributed by atoms with Crippen LogP contribution in [0, 0.1) is 12.7 Å². The Labute approximate surface area is 141 Å². The number of nitrogens with one attached hydrogen (secondary N) is 2. The maximum atomic E-state index is 13.9. The number of amides is 2. The third-order valence-electron chi connectivity index (χ3n) is 4.25. The lowest BCUT2D eigenvalue weighted by Crippen LogP contribution is -2.38. The molecular formula is C19H22FN3O. The topological polar surface area (TPSA) is 44.4 Å². The molecule has 4 nitrogen and oxygen atoms in total. The van der Waals surface area contributed by atoms with Crippen molar-refractivity contribution in [3.8, 4) is 0 Å². The van der Waals surface area contributed by atoms with Gasteiger partial charge in [-0.1, -0.05) is 18.2 Å². The predicted octanol–water partition coefficient (Wildman–Crippen LogP) is 3.84. The Hall–Kier alpha value is -2.56. The first kappa shape index (κ1) is 16.3. The van der Waals surface area contributed by atoms with Gasteiger partial charge in [0.2, 0.25) is 0 Å². The number of nitrogens with zero attached hydrogens (tertiary/aromatic N) is 1. The van der Waals surface area contributed by atoms with Crippen molar-refractivity contribution < 1.29 is 9.18 Å². The number of fused-ring (bicyclic) bond motifs is 1. The van der Waals surface area contributed by atoms with Gasteiger partial charge in [0.25, 0.3) is 0 Å². The molecule has 0 radical (unpaired) electrons. The molecule has 0 fully saturated rings. The molecule has 1 heterocycles. The summed E-state index contributed by atoms with van der Waals surface area (Å²) in [6.45, 7) is 5.48. The van der Waals surface area contributed by atoms with Crippen LogP contribution in [-0.2, 0) is 13.0 Å². The van der Waals surface area contributed by atoms with Crippen molar-refractivity contribution in [3.63, 3.8) is 0 Å². The van der Waals surface area contributed by atoms with E-state index in [0.29, 0.717) is 25.2 Å². The maximum Gasteiger partial charge on any atom is 0.321 e. The number of halogens is 1. The van der Waals surface area contributed by atoms with Gasteiger partial charge < -0.3 is 10.6 Å². The van der Waals surface area contributed by atoms with E-state index in [-0.39, 0.29) is 11.8 Å². The second-order valence-corrected chi connectivity index (χ2v) is 6.03. The summed E-state index contributed by atoms with van der Waals surface area (Å²) in [5.41, 5.74) is 4.50. The molecule has 0 atom stereocenters. The van der Waals surface area contributed by atoms with Crippen molar-refractivity contribution in [1.82, 2.24) is 5.32 Å². The monoisotopic (exact) mass is 327 g/mol. The highest BCUT2D eigenvalue weighted by Gasteiger charge is 2.24. The van der Waals surface area contributed by atoms with Crippen molar-refractivity contribution in [1.29, 1.82) is 0 Å². The molecule has 24 heavy (non-hydrogen) atoms. The summed E-state index contributed by atoms with van der Waals surface area (Å²) in [6.07, 6.45) is 0.860. The van der Waals surface area contributed by atoms with Crippen LogP contribution in [0.3, 0.4) is 0 Å². The smallest absolute Gasteiger partial charge is 0.321 e. The minimum Gasteiger partial charge on any atom is -0.381 e. The molecule has 2 amide bonds. The van der Waals surface area contributed by atoms with E-state index in [1.54, 1.807) is 11.0 Å². The highest BCUT2D eigenvalue weighted by molar-refractivity contribution is 5.94. The zero-order valence-corrected chi connectivity index (χ0v) is 14.0. The molecule has 0 spiro atoms. The molecule has 2 N–H and O–H groups in total. The van der Waals surface area contributed by atoms with Crippen LogP contribution in [0.15, 0.2) is 36.4 Å². The number of carbonyl (C=O) groups excluding carboxylic acids is 1. The fourth-order valence-corrected chi connectivity index (χ4v) is 2.94. The standard InChI is InChI=1S/C19H22FN3O/c1-3-21-19(24)23-9-8-14-6-7-16(11-18(14)23)22-12-15-5-4-13(2)10-17(15)20/h4-7,10-11,22H,3,8-9,12H2,1-2H3,(H,21,24). The lowest BCUT2D eigenvalue weighted by atomic mass is 10.1. The molecule has 0 aliphatic carbocycles. The third kappa shape index (κ3) is 3.35. The minimum absolute atomic E-state index is 0.0713. The van der Waals surface area contributed by atoms with Crippen molar-refractivity contribution in [2.45, 2.75) is 26.8 Å². The van der Waals surface area contributed by atoms with Gasteiger partial charge in [-0.05, 0) is 49.6 Å². The average Bonchev–Trinajstić information content (AvgIpc) is 2.97.